The van der Waals surface area contributed by atoms with Crippen LogP contribution in [0.15, 0.2) is 48.5 Å². The number of carbonyl (C=O) groups is 2. The minimum Gasteiger partial charge on any atom is -0.274 e. The maximum Gasteiger partial charge on any atom is 0.253 e. The van der Waals surface area contributed by atoms with E-state index in [-0.39, 0.29) is 23.8 Å². The van der Waals surface area contributed by atoms with E-state index < -0.39 is 6.04 Å². The Bertz CT molecular complexity index is 912. The quantitative estimate of drug-likeness (QED) is 0.749. The maximum atomic E-state index is 13.4. The van der Waals surface area contributed by atoms with Crippen molar-refractivity contribution >= 4 is 29.1 Å². The van der Waals surface area contributed by atoms with Crippen LogP contribution in [0.2, 0.25) is 5.02 Å². The largest absolute Gasteiger partial charge is 0.274 e. The second-order valence-corrected chi connectivity index (χ2v) is 7.93. The van der Waals surface area contributed by atoms with E-state index in [1.54, 1.807) is 0 Å². The van der Waals surface area contributed by atoms with Crippen molar-refractivity contribution in [1.82, 2.24) is 10.0 Å². The van der Waals surface area contributed by atoms with Crippen LogP contribution >= 0.6 is 11.6 Å². The molecule has 0 saturated carbocycles. The fourth-order valence-electron chi connectivity index (χ4n) is 4.72. The van der Waals surface area contributed by atoms with Crippen LogP contribution in [0.5, 0.6) is 0 Å². The molecule has 0 aromatic heterocycles. The monoisotopic (exact) mass is 381 g/mol. The molecular formula is C21H20ClN3O2. The highest BCUT2D eigenvalue weighted by atomic mass is 35.5. The van der Waals surface area contributed by atoms with Crippen molar-refractivity contribution in [3.8, 4) is 0 Å². The van der Waals surface area contributed by atoms with Crippen molar-refractivity contribution in [3.05, 3.63) is 64.7 Å². The van der Waals surface area contributed by atoms with E-state index in [9.17, 15) is 9.59 Å². The highest BCUT2D eigenvalue weighted by Gasteiger charge is 2.62. The molecule has 3 atom stereocenters. The number of anilines is 1. The number of aryl methyl sites for hydroxylation is 1. The van der Waals surface area contributed by atoms with Crippen LogP contribution in [0.1, 0.15) is 23.6 Å². The van der Waals surface area contributed by atoms with Crippen LogP contribution in [-0.2, 0) is 9.59 Å². The normalized spacial score (nSPS) is 28.1. The molecule has 2 amide bonds. The number of carbonyl (C=O) groups excluding carboxylic acids is 2. The molecule has 2 aromatic carbocycles. The third kappa shape index (κ3) is 2.46. The van der Waals surface area contributed by atoms with Crippen molar-refractivity contribution in [3.63, 3.8) is 0 Å². The molecule has 3 fully saturated rings. The first-order valence-electron chi connectivity index (χ1n) is 9.29. The standard InChI is InChI=1S/C21H20ClN3O2/c1-13-3-9-16(10-4-13)25-20(26)17-18(14-5-7-15(22)8-6-14)23-11-2-12-24(23)19(17)21(25)27/h3-10,17-19H,2,11-12H2,1H3/t17-,18+,19+/m0/s1. The van der Waals surface area contributed by atoms with Crippen molar-refractivity contribution in [2.24, 2.45) is 5.92 Å². The fraction of sp³-hybridized carbons (Fsp3) is 0.333. The van der Waals surface area contributed by atoms with E-state index in [1.807, 2.05) is 55.5 Å². The number of rotatable bonds is 2. The highest BCUT2D eigenvalue weighted by Crippen LogP contribution is 2.48. The summed E-state index contributed by atoms with van der Waals surface area (Å²) in [4.78, 5) is 28.0. The Hall–Kier alpha value is -2.21. The average molecular weight is 382 g/mol. The second-order valence-electron chi connectivity index (χ2n) is 7.49. The molecule has 3 aliphatic heterocycles. The van der Waals surface area contributed by atoms with Crippen LogP contribution in [0.3, 0.4) is 0 Å². The Labute approximate surface area is 163 Å². The lowest BCUT2D eigenvalue weighted by atomic mass is 9.90. The Morgan fingerprint density at radius 2 is 1.48 bits per heavy atom. The summed E-state index contributed by atoms with van der Waals surface area (Å²) in [5, 5.41) is 4.99. The van der Waals surface area contributed by atoms with Gasteiger partial charge in [-0.2, -0.15) is 0 Å². The predicted octanol–water partition coefficient (Wildman–Crippen LogP) is 3.18. The lowest BCUT2D eigenvalue weighted by Gasteiger charge is -2.29. The zero-order chi connectivity index (χ0) is 18.7. The van der Waals surface area contributed by atoms with E-state index in [1.165, 1.54) is 4.90 Å². The van der Waals surface area contributed by atoms with Gasteiger partial charge in [0.15, 0.2) is 0 Å². The summed E-state index contributed by atoms with van der Waals surface area (Å²) >= 11 is 6.06. The molecule has 3 saturated heterocycles. The number of nitrogens with zero attached hydrogens (tertiary/aromatic N) is 3. The Morgan fingerprint density at radius 3 is 2.15 bits per heavy atom. The van der Waals surface area contributed by atoms with Crippen LogP contribution in [0.4, 0.5) is 5.69 Å². The van der Waals surface area contributed by atoms with Gasteiger partial charge in [-0.3, -0.25) is 9.59 Å². The molecule has 0 aliphatic carbocycles. The van der Waals surface area contributed by atoms with Gasteiger partial charge in [-0.1, -0.05) is 41.4 Å². The summed E-state index contributed by atoms with van der Waals surface area (Å²) in [7, 11) is 0. The van der Waals surface area contributed by atoms with Gasteiger partial charge in [0.05, 0.1) is 17.6 Å². The van der Waals surface area contributed by atoms with Gasteiger partial charge in [0.2, 0.25) is 5.91 Å². The molecule has 2 aromatic rings. The first-order chi connectivity index (χ1) is 13.1. The number of hydrogen-bond donors (Lipinski definition) is 0. The zero-order valence-electron chi connectivity index (χ0n) is 15.0. The summed E-state index contributed by atoms with van der Waals surface area (Å²) < 4.78 is 0. The second kappa shape index (κ2) is 6.16. The number of benzene rings is 2. The van der Waals surface area contributed by atoms with Gasteiger partial charge < -0.3 is 0 Å². The minimum absolute atomic E-state index is 0.108. The van der Waals surface area contributed by atoms with Crippen LogP contribution in [0.25, 0.3) is 0 Å². The number of imide groups is 1. The van der Waals surface area contributed by atoms with Gasteiger partial charge >= 0.3 is 0 Å². The predicted molar refractivity (Wildman–Crippen MR) is 103 cm³/mol. The molecule has 0 bridgehead atoms. The van der Waals surface area contributed by atoms with E-state index >= 15 is 0 Å². The molecule has 0 radical (unpaired) electrons. The molecule has 5 nitrogen and oxygen atoms in total. The van der Waals surface area contributed by atoms with E-state index in [0.717, 1.165) is 30.6 Å². The van der Waals surface area contributed by atoms with E-state index in [4.69, 9.17) is 11.6 Å². The van der Waals surface area contributed by atoms with Gasteiger partial charge in [-0.05, 0) is 43.2 Å². The van der Waals surface area contributed by atoms with Crippen LogP contribution in [-0.4, -0.2) is 41.0 Å². The average Bonchev–Trinajstić information content (AvgIpc) is 3.30. The number of fused-ring (bicyclic) bond motifs is 3. The SMILES string of the molecule is Cc1ccc(N2C(=O)[C@H]3[C@@H](c4ccc(Cl)cc4)N4CCCN4[C@H]3C2=O)cc1. The molecule has 3 heterocycles. The summed E-state index contributed by atoms with van der Waals surface area (Å²) in [5.41, 5.74) is 2.79. The van der Waals surface area contributed by atoms with Gasteiger partial charge in [-0.25, -0.2) is 14.9 Å². The van der Waals surface area contributed by atoms with Crippen LogP contribution in [0, 0.1) is 12.8 Å². The van der Waals surface area contributed by atoms with Gasteiger partial charge in [0.1, 0.15) is 6.04 Å². The molecule has 0 spiro atoms. The fourth-order valence-corrected chi connectivity index (χ4v) is 4.85. The Morgan fingerprint density at radius 1 is 0.852 bits per heavy atom. The van der Waals surface area contributed by atoms with Gasteiger partial charge in [0.25, 0.3) is 5.91 Å². The first-order valence-corrected chi connectivity index (χ1v) is 9.67. The van der Waals surface area contributed by atoms with Crippen molar-refractivity contribution in [2.45, 2.75) is 25.4 Å². The summed E-state index contributed by atoms with van der Waals surface area (Å²) in [6.45, 7) is 3.67. The van der Waals surface area contributed by atoms with Crippen LogP contribution < -0.4 is 4.90 Å². The molecule has 3 aliphatic rings. The lowest BCUT2D eigenvalue weighted by molar-refractivity contribution is -0.126. The van der Waals surface area contributed by atoms with E-state index in [2.05, 4.69) is 10.0 Å². The van der Waals surface area contributed by atoms with Gasteiger partial charge in [0, 0.05) is 18.1 Å². The zero-order valence-corrected chi connectivity index (χ0v) is 15.8. The molecular weight excluding hydrogens is 362 g/mol. The minimum atomic E-state index is -0.415. The summed E-state index contributed by atoms with van der Waals surface area (Å²) in [6.07, 6.45) is 0.999. The smallest absolute Gasteiger partial charge is 0.253 e. The first kappa shape index (κ1) is 16.9. The molecule has 0 unspecified atom stereocenters. The number of hydrogen-bond acceptors (Lipinski definition) is 4. The Kier molecular flexibility index (Phi) is 3.86. The lowest BCUT2D eigenvalue weighted by Crippen LogP contribution is -2.44. The van der Waals surface area contributed by atoms with Crippen molar-refractivity contribution in [1.29, 1.82) is 0 Å². The highest BCUT2D eigenvalue weighted by molar-refractivity contribution is 6.30. The number of amides is 2. The molecule has 5 rings (SSSR count). The van der Waals surface area contributed by atoms with E-state index in [0.29, 0.717) is 10.7 Å². The molecule has 6 heteroatoms. The summed E-state index contributed by atoms with van der Waals surface area (Å²) in [5.74, 6) is -0.610. The third-order valence-electron chi connectivity index (χ3n) is 5.91. The molecule has 0 N–H and O–H groups in total. The Balaban J connectivity index is 1.57. The topological polar surface area (TPSA) is 43.9 Å². The summed E-state index contributed by atoms with van der Waals surface area (Å²) in [6, 6.07) is 14.7. The molecule has 27 heavy (non-hydrogen) atoms. The maximum absolute atomic E-state index is 13.4. The number of halogens is 1. The number of hydrazine groups is 1. The van der Waals surface area contributed by atoms with Gasteiger partial charge in [-0.15, -0.1) is 0 Å². The third-order valence-corrected chi connectivity index (χ3v) is 6.16. The van der Waals surface area contributed by atoms with Crippen molar-refractivity contribution in [2.75, 3.05) is 18.0 Å². The molecule has 138 valence electrons. The van der Waals surface area contributed by atoms with Crippen molar-refractivity contribution < 1.29 is 9.59 Å².